The third-order valence-electron chi connectivity index (χ3n) is 5.40. The second-order valence-corrected chi connectivity index (χ2v) is 6.74. The molecule has 0 saturated heterocycles. The predicted octanol–water partition coefficient (Wildman–Crippen LogP) is 5.90. The van der Waals surface area contributed by atoms with Gasteiger partial charge < -0.3 is 0 Å². The first-order chi connectivity index (χ1) is 10.1. The smallest absolute Gasteiger partial charge is 0.00310 e. The highest BCUT2D eigenvalue weighted by Gasteiger charge is 2.37. The van der Waals surface area contributed by atoms with Gasteiger partial charge in [-0.2, -0.15) is 0 Å². The summed E-state index contributed by atoms with van der Waals surface area (Å²) >= 11 is 0. The lowest BCUT2D eigenvalue weighted by Crippen LogP contribution is -2.29. The molecular formula is C21H20. The van der Waals surface area contributed by atoms with Crippen LogP contribution in [0.25, 0.3) is 21.9 Å². The van der Waals surface area contributed by atoms with Gasteiger partial charge in [-0.3, -0.25) is 0 Å². The molecule has 0 nitrogen and oxygen atoms in total. The van der Waals surface area contributed by atoms with Gasteiger partial charge in [0.15, 0.2) is 0 Å². The average Bonchev–Trinajstić information content (AvgIpc) is 2.52. The molecule has 0 aliphatic heterocycles. The van der Waals surface area contributed by atoms with E-state index < -0.39 is 0 Å². The Labute approximate surface area is 126 Å². The highest BCUT2D eigenvalue weighted by molar-refractivity contribution is 5.94. The van der Waals surface area contributed by atoms with Crippen LogP contribution < -0.4 is 0 Å². The Morgan fingerprint density at radius 2 is 1.48 bits per heavy atom. The lowest BCUT2D eigenvalue weighted by Gasteiger charge is -2.40. The molecule has 1 unspecified atom stereocenters. The van der Waals surface area contributed by atoms with E-state index in [2.05, 4.69) is 81.4 Å². The van der Waals surface area contributed by atoms with E-state index in [-0.39, 0.29) is 5.41 Å². The minimum absolute atomic E-state index is 0.160. The first-order valence-electron chi connectivity index (χ1n) is 7.72. The molecule has 0 N–H and O–H groups in total. The molecule has 104 valence electrons. The molecule has 1 atom stereocenters. The lowest BCUT2D eigenvalue weighted by atomic mass is 9.63. The summed E-state index contributed by atoms with van der Waals surface area (Å²) in [6.45, 7) is 7.13. The Kier molecular flexibility index (Phi) is 2.53. The van der Waals surface area contributed by atoms with Crippen molar-refractivity contribution in [2.45, 2.75) is 32.1 Å². The van der Waals surface area contributed by atoms with Gasteiger partial charge in [-0.1, -0.05) is 81.4 Å². The maximum atomic E-state index is 2.38. The van der Waals surface area contributed by atoms with Crippen LogP contribution in [0.4, 0.5) is 0 Å². The summed E-state index contributed by atoms with van der Waals surface area (Å²) in [5.41, 5.74) is 5.96. The van der Waals surface area contributed by atoms with Crippen molar-refractivity contribution in [3.05, 3.63) is 71.8 Å². The molecule has 1 aliphatic carbocycles. The minimum atomic E-state index is 0.160. The van der Waals surface area contributed by atoms with E-state index in [0.29, 0.717) is 5.92 Å². The van der Waals surface area contributed by atoms with Crippen LogP contribution in [0.15, 0.2) is 60.7 Å². The lowest BCUT2D eigenvalue weighted by molar-refractivity contribution is 0.434. The van der Waals surface area contributed by atoms with Crippen LogP contribution >= 0.6 is 0 Å². The Morgan fingerprint density at radius 1 is 0.762 bits per heavy atom. The fourth-order valence-corrected chi connectivity index (χ4v) is 3.87. The Hall–Kier alpha value is -2.08. The Balaban J connectivity index is 2.17. The minimum Gasteiger partial charge on any atom is -0.0619 e. The van der Waals surface area contributed by atoms with Gasteiger partial charge in [0, 0.05) is 0 Å². The maximum absolute atomic E-state index is 2.38. The Morgan fingerprint density at radius 3 is 2.33 bits per heavy atom. The van der Waals surface area contributed by atoms with Gasteiger partial charge in [-0.05, 0) is 44.4 Å². The molecule has 21 heavy (non-hydrogen) atoms. The van der Waals surface area contributed by atoms with Crippen LogP contribution in [0.5, 0.6) is 0 Å². The second kappa shape index (κ2) is 4.21. The van der Waals surface area contributed by atoms with Crippen LogP contribution in [0.1, 0.15) is 37.8 Å². The zero-order chi connectivity index (χ0) is 14.6. The largest absolute Gasteiger partial charge is 0.0619 e. The van der Waals surface area contributed by atoms with Crippen LogP contribution in [-0.4, -0.2) is 0 Å². The molecule has 0 spiro atoms. The van der Waals surface area contributed by atoms with Crippen molar-refractivity contribution < 1.29 is 0 Å². The van der Waals surface area contributed by atoms with Gasteiger partial charge in [0.2, 0.25) is 0 Å². The number of hydrogen-bond acceptors (Lipinski definition) is 0. The van der Waals surface area contributed by atoms with Crippen LogP contribution in [-0.2, 0) is 5.41 Å². The SMILES string of the molecule is CC1c2c(ccc3ccccc23)-c2ccccc2C1(C)C. The molecule has 0 radical (unpaired) electrons. The van der Waals surface area contributed by atoms with Crippen LogP contribution in [0.2, 0.25) is 0 Å². The fraction of sp³-hybridized carbons (Fsp3) is 0.238. The van der Waals surface area contributed by atoms with Gasteiger partial charge in [0.25, 0.3) is 0 Å². The van der Waals surface area contributed by atoms with Gasteiger partial charge in [0.1, 0.15) is 0 Å². The van der Waals surface area contributed by atoms with E-state index in [9.17, 15) is 0 Å². The molecule has 0 heteroatoms. The van der Waals surface area contributed by atoms with Crippen molar-refractivity contribution >= 4 is 10.8 Å². The van der Waals surface area contributed by atoms with Gasteiger partial charge >= 0.3 is 0 Å². The quantitative estimate of drug-likeness (QED) is 0.478. The zero-order valence-corrected chi connectivity index (χ0v) is 12.9. The molecule has 0 fully saturated rings. The first kappa shape index (κ1) is 12.6. The van der Waals surface area contributed by atoms with E-state index in [1.165, 1.54) is 33.0 Å². The summed E-state index contributed by atoms with van der Waals surface area (Å²) in [6, 6.07) is 22.2. The van der Waals surface area contributed by atoms with Crippen molar-refractivity contribution in [1.82, 2.24) is 0 Å². The Bertz CT molecular complexity index is 840. The molecule has 0 aromatic heterocycles. The fourth-order valence-electron chi connectivity index (χ4n) is 3.87. The highest BCUT2D eigenvalue weighted by Crippen LogP contribution is 2.51. The molecule has 3 aromatic carbocycles. The molecule has 4 rings (SSSR count). The number of rotatable bonds is 0. The van der Waals surface area contributed by atoms with Gasteiger partial charge in [-0.15, -0.1) is 0 Å². The molecule has 1 aliphatic rings. The van der Waals surface area contributed by atoms with Crippen molar-refractivity contribution in [2.75, 3.05) is 0 Å². The normalized spacial score (nSPS) is 19.1. The second-order valence-electron chi connectivity index (χ2n) is 6.74. The summed E-state index contributed by atoms with van der Waals surface area (Å²) in [4.78, 5) is 0. The maximum Gasteiger partial charge on any atom is -0.00310 e. The van der Waals surface area contributed by atoms with E-state index in [1.807, 2.05) is 0 Å². The summed E-state index contributed by atoms with van der Waals surface area (Å²) < 4.78 is 0. The van der Waals surface area contributed by atoms with Gasteiger partial charge in [-0.25, -0.2) is 0 Å². The van der Waals surface area contributed by atoms with Crippen molar-refractivity contribution in [3.8, 4) is 11.1 Å². The van der Waals surface area contributed by atoms with E-state index in [0.717, 1.165) is 0 Å². The third-order valence-corrected chi connectivity index (χ3v) is 5.40. The average molecular weight is 272 g/mol. The van der Waals surface area contributed by atoms with E-state index in [1.54, 1.807) is 0 Å². The third kappa shape index (κ3) is 1.62. The summed E-state index contributed by atoms with van der Waals surface area (Å²) in [7, 11) is 0. The monoisotopic (exact) mass is 272 g/mol. The summed E-state index contributed by atoms with van der Waals surface area (Å²) in [5, 5.41) is 2.75. The molecule has 0 saturated carbocycles. The molecule has 0 heterocycles. The number of benzene rings is 3. The topological polar surface area (TPSA) is 0 Å². The summed E-state index contributed by atoms with van der Waals surface area (Å²) in [5.74, 6) is 0.508. The number of hydrogen-bond donors (Lipinski definition) is 0. The first-order valence-corrected chi connectivity index (χ1v) is 7.72. The summed E-state index contributed by atoms with van der Waals surface area (Å²) in [6.07, 6.45) is 0. The van der Waals surface area contributed by atoms with E-state index in [4.69, 9.17) is 0 Å². The standard InChI is InChI=1S/C21H20/c1-14-20-16-9-5-4-8-15(16)12-13-18(20)17-10-6-7-11-19(17)21(14,2)3/h4-14H,1-3H3. The van der Waals surface area contributed by atoms with Crippen molar-refractivity contribution in [1.29, 1.82) is 0 Å². The number of fused-ring (bicyclic) bond motifs is 5. The molecule has 0 bridgehead atoms. The van der Waals surface area contributed by atoms with Crippen LogP contribution in [0, 0.1) is 0 Å². The molecule has 3 aromatic rings. The van der Waals surface area contributed by atoms with Crippen molar-refractivity contribution in [3.63, 3.8) is 0 Å². The van der Waals surface area contributed by atoms with Crippen LogP contribution in [0.3, 0.4) is 0 Å². The molecule has 0 amide bonds. The van der Waals surface area contributed by atoms with E-state index >= 15 is 0 Å². The van der Waals surface area contributed by atoms with Crippen molar-refractivity contribution in [2.24, 2.45) is 0 Å². The molecular weight excluding hydrogens is 252 g/mol. The van der Waals surface area contributed by atoms with Gasteiger partial charge in [0.05, 0.1) is 0 Å². The highest BCUT2D eigenvalue weighted by atomic mass is 14.4. The predicted molar refractivity (Wildman–Crippen MR) is 90.8 cm³/mol. The zero-order valence-electron chi connectivity index (χ0n) is 12.9.